The van der Waals surface area contributed by atoms with Gasteiger partial charge in [-0.25, -0.2) is 0 Å². The third-order valence-electron chi connectivity index (χ3n) is 3.38. The lowest BCUT2D eigenvalue weighted by atomic mass is 10.0. The molecule has 0 spiro atoms. The van der Waals surface area contributed by atoms with Crippen LogP contribution in [0.25, 0.3) is 21.5 Å². The first-order valence-corrected chi connectivity index (χ1v) is 7.68. The van der Waals surface area contributed by atoms with Gasteiger partial charge in [-0.2, -0.15) is 0 Å². The predicted octanol–water partition coefficient (Wildman–Crippen LogP) is 5.54. The maximum atomic E-state index is 5.67. The minimum atomic E-state index is 0.851. The number of rotatable bonds is 2. The van der Waals surface area contributed by atoms with Crippen LogP contribution in [0.4, 0.5) is 0 Å². The Balaban J connectivity index is 2.69. The molecule has 102 valence electrons. The second-order valence-electron chi connectivity index (χ2n) is 4.39. The van der Waals surface area contributed by atoms with Gasteiger partial charge < -0.3 is 9.47 Å². The third kappa shape index (κ3) is 1.90. The molecule has 0 amide bonds. The summed E-state index contributed by atoms with van der Waals surface area (Å²) in [5.41, 5.74) is 0. The first kappa shape index (κ1) is 13.7. The summed E-state index contributed by atoms with van der Waals surface area (Å²) >= 11 is 7.23. The first-order valence-electron chi connectivity index (χ1n) is 6.09. The number of fused-ring (bicyclic) bond motifs is 2. The van der Waals surface area contributed by atoms with Crippen LogP contribution in [0.2, 0.25) is 0 Å². The maximum Gasteiger partial charge on any atom is 0.135 e. The monoisotopic (exact) mass is 394 g/mol. The highest BCUT2D eigenvalue weighted by Gasteiger charge is 2.18. The molecule has 0 aliphatic rings. The molecule has 0 fully saturated rings. The largest absolute Gasteiger partial charge is 0.495 e. The Kier molecular flexibility index (Phi) is 3.61. The zero-order valence-corrected chi connectivity index (χ0v) is 14.2. The van der Waals surface area contributed by atoms with Gasteiger partial charge in [0.15, 0.2) is 0 Å². The molecule has 0 saturated heterocycles. The molecule has 3 rings (SSSR count). The van der Waals surface area contributed by atoms with Crippen molar-refractivity contribution in [3.05, 3.63) is 45.3 Å². The highest BCUT2D eigenvalue weighted by atomic mass is 79.9. The molecule has 0 aliphatic heterocycles. The molecule has 0 radical (unpaired) electrons. The van der Waals surface area contributed by atoms with Crippen molar-refractivity contribution in [1.82, 2.24) is 0 Å². The first-order chi connectivity index (χ1) is 9.69. The maximum absolute atomic E-state index is 5.67. The van der Waals surface area contributed by atoms with E-state index in [1.807, 2.05) is 36.4 Å². The molecule has 0 atom stereocenters. The summed E-state index contributed by atoms with van der Waals surface area (Å²) in [5.74, 6) is 1.70. The molecule has 20 heavy (non-hydrogen) atoms. The van der Waals surface area contributed by atoms with Crippen molar-refractivity contribution in [2.24, 2.45) is 0 Å². The smallest absolute Gasteiger partial charge is 0.135 e. The number of hydrogen-bond donors (Lipinski definition) is 0. The van der Waals surface area contributed by atoms with Gasteiger partial charge in [0.05, 0.1) is 14.2 Å². The van der Waals surface area contributed by atoms with E-state index in [2.05, 4.69) is 31.9 Å². The van der Waals surface area contributed by atoms with Crippen molar-refractivity contribution in [2.45, 2.75) is 0 Å². The van der Waals surface area contributed by atoms with Crippen LogP contribution in [0, 0.1) is 0 Å². The second kappa shape index (κ2) is 5.26. The Morgan fingerprint density at radius 2 is 1.10 bits per heavy atom. The molecule has 0 N–H and O–H groups in total. The van der Waals surface area contributed by atoms with Gasteiger partial charge in [-0.15, -0.1) is 0 Å². The van der Waals surface area contributed by atoms with Crippen molar-refractivity contribution in [2.75, 3.05) is 14.2 Å². The van der Waals surface area contributed by atoms with E-state index in [1.165, 1.54) is 0 Å². The molecule has 3 aromatic carbocycles. The molecule has 0 unspecified atom stereocenters. The summed E-state index contributed by atoms with van der Waals surface area (Å²) < 4.78 is 13.3. The molecule has 0 aliphatic carbocycles. The molecule has 0 bridgehead atoms. The standard InChI is InChI=1S/C16H12Br2O2/c1-19-15-9-5-3-4-6-10(9)16(20-2)14-12(18)8-7-11(17)13(14)15/h3-8H,1-2H3. The molecular formula is C16H12Br2O2. The van der Waals surface area contributed by atoms with E-state index in [0.717, 1.165) is 42.0 Å². The fourth-order valence-electron chi connectivity index (χ4n) is 2.57. The topological polar surface area (TPSA) is 18.5 Å². The molecule has 3 aromatic rings. The van der Waals surface area contributed by atoms with Gasteiger partial charge in [-0.05, 0) is 12.1 Å². The van der Waals surface area contributed by atoms with Crippen LogP contribution in [0.15, 0.2) is 45.3 Å². The summed E-state index contributed by atoms with van der Waals surface area (Å²) in [4.78, 5) is 0. The van der Waals surface area contributed by atoms with E-state index in [0.29, 0.717) is 0 Å². The normalized spacial score (nSPS) is 11.0. The Bertz CT molecular complexity index is 745. The summed E-state index contributed by atoms with van der Waals surface area (Å²) in [6.07, 6.45) is 0. The van der Waals surface area contributed by atoms with Crippen LogP contribution in [0.5, 0.6) is 11.5 Å². The van der Waals surface area contributed by atoms with Gasteiger partial charge in [0, 0.05) is 30.5 Å². The molecule has 0 aromatic heterocycles. The number of hydrogen-bond acceptors (Lipinski definition) is 2. The Labute approximate surface area is 133 Å². The second-order valence-corrected chi connectivity index (χ2v) is 6.10. The van der Waals surface area contributed by atoms with Crippen LogP contribution in [-0.2, 0) is 0 Å². The van der Waals surface area contributed by atoms with Gasteiger partial charge in [0.25, 0.3) is 0 Å². The highest BCUT2D eigenvalue weighted by Crippen LogP contribution is 2.47. The average molecular weight is 396 g/mol. The van der Waals surface area contributed by atoms with Gasteiger partial charge in [-0.1, -0.05) is 56.1 Å². The fourth-order valence-corrected chi connectivity index (χ4v) is 3.59. The Morgan fingerprint density at radius 3 is 1.45 bits per heavy atom. The summed E-state index contributed by atoms with van der Waals surface area (Å²) in [6, 6.07) is 12.1. The minimum Gasteiger partial charge on any atom is -0.495 e. The van der Waals surface area contributed by atoms with Gasteiger partial charge >= 0.3 is 0 Å². The van der Waals surface area contributed by atoms with E-state index in [4.69, 9.17) is 9.47 Å². The van der Waals surface area contributed by atoms with E-state index < -0.39 is 0 Å². The Hall–Kier alpha value is -1.26. The van der Waals surface area contributed by atoms with E-state index >= 15 is 0 Å². The summed E-state index contributed by atoms with van der Waals surface area (Å²) in [7, 11) is 3.39. The lowest BCUT2D eigenvalue weighted by Crippen LogP contribution is -1.94. The van der Waals surface area contributed by atoms with E-state index in [-0.39, 0.29) is 0 Å². The fraction of sp³-hybridized carbons (Fsp3) is 0.125. The minimum absolute atomic E-state index is 0.851. The molecule has 4 heteroatoms. The van der Waals surface area contributed by atoms with Crippen molar-refractivity contribution in [3.63, 3.8) is 0 Å². The molecule has 0 heterocycles. The number of halogens is 2. The zero-order valence-electron chi connectivity index (χ0n) is 11.0. The third-order valence-corrected chi connectivity index (χ3v) is 4.70. The molecule has 0 saturated carbocycles. The van der Waals surface area contributed by atoms with Gasteiger partial charge in [0.1, 0.15) is 11.5 Å². The number of methoxy groups -OCH3 is 2. The van der Waals surface area contributed by atoms with Crippen LogP contribution in [0.3, 0.4) is 0 Å². The highest BCUT2D eigenvalue weighted by molar-refractivity contribution is 9.11. The lowest BCUT2D eigenvalue weighted by Gasteiger charge is -2.16. The predicted molar refractivity (Wildman–Crippen MR) is 90.0 cm³/mol. The van der Waals surface area contributed by atoms with Crippen LogP contribution >= 0.6 is 31.9 Å². The summed E-state index contributed by atoms with van der Waals surface area (Å²) in [5, 5.41) is 4.10. The summed E-state index contributed by atoms with van der Waals surface area (Å²) in [6.45, 7) is 0. The lowest BCUT2D eigenvalue weighted by molar-refractivity contribution is 0.417. The van der Waals surface area contributed by atoms with Crippen LogP contribution < -0.4 is 9.47 Å². The van der Waals surface area contributed by atoms with Crippen LogP contribution in [0.1, 0.15) is 0 Å². The van der Waals surface area contributed by atoms with Crippen molar-refractivity contribution < 1.29 is 9.47 Å². The molecular weight excluding hydrogens is 384 g/mol. The average Bonchev–Trinajstić information content (AvgIpc) is 2.48. The van der Waals surface area contributed by atoms with Gasteiger partial charge in [-0.3, -0.25) is 0 Å². The quantitative estimate of drug-likeness (QED) is 0.530. The van der Waals surface area contributed by atoms with E-state index in [9.17, 15) is 0 Å². The van der Waals surface area contributed by atoms with E-state index in [1.54, 1.807) is 14.2 Å². The zero-order chi connectivity index (χ0) is 14.3. The van der Waals surface area contributed by atoms with Gasteiger partial charge in [0.2, 0.25) is 0 Å². The molecule has 2 nitrogen and oxygen atoms in total. The van der Waals surface area contributed by atoms with Crippen LogP contribution in [-0.4, -0.2) is 14.2 Å². The van der Waals surface area contributed by atoms with Crippen molar-refractivity contribution in [1.29, 1.82) is 0 Å². The number of ether oxygens (including phenoxy) is 2. The SMILES string of the molecule is COc1c2ccccc2c(OC)c2c(Br)ccc(Br)c12. The van der Waals surface area contributed by atoms with Crippen molar-refractivity contribution >= 4 is 53.4 Å². The van der Waals surface area contributed by atoms with Crippen molar-refractivity contribution in [3.8, 4) is 11.5 Å². The number of benzene rings is 3. The Morgan fingerprint density at radius 1 is 0.700 bits per heavy atom.